The predicted octanol–water partition coefficient (Wildman–Crippen LogP) is 4.08. The van der Waals surface area contributed by atoms with Gasteiger partial charge in [0.15, 0.2) is 0 Å². The molecule has 0 saturated heterocycles. The molecule has 0 aliphatic carbocycles. The van der Waals surface area contributed by atoms with Gasteiger partial charge in [0.2, 0.25) is 0 Å². The van der Waals surface area contributed by atoms with Crippen molar-refractivity contribution in [2.45, 2.75) is 26.3 Å². The lowest BCUT2D eigenvalue weighted by Crippen LogP contribution is -2.21. The second-order valence-electron chi connectivity index (χ2n) is 6.49. The molecule has 24 heavy (non-hydrogen) atoms. The van der Waals surface area contributed by atoms with Crippen LogP contribution in [0.25, 0.3) is 10.9 Å². The first kappa shape index (κ1) is 15.3. The maximum absolute atomic E-state index is 5.65. The maximum atomic E-state index is 5.65. The van der Waals surface area contributed by atoms with Crippen LogP contribution in [0.15, 0.2) is 48.5 Å². The summed E-state index contributed by atoms with van der Waals surface area (Å²) in [6, 6.07) is 17.6. The third-order valence-corrected chi connectivity index (χ3v) is 4.99. The van der Waals surface area contributed by atoms with Crippen LogP contribution in [0.5, 0.6) is 5.75 Å². The number of aromatic nitrogens is 1. The van der Waals surface area contributed by atoms with Gasteiger partial charge in [0.05, 0.1) is 6.61 Å². The summed E-state index contributed by atoms with van der Waals surface area (Å²) in [5.41, 5.74) is 5.43. The van der Waals surface area contributed by atoms with Crippen molar-refractivity contribution in [2.24, 2.45) is 0 Å². The molecule has 3 heteroatoms. The van der Waals surface area contributed by atoms with Crippen LogP contribution < -0.4 is 10.1 Å². The number of para-hydroxylation sites is 1. The van der Waals surface area contributed by atoms with E-state index in [1.807, 2.05) is 6.92 Å². The number of nitrogens with one attached hydrogen (secondary N) is 1. The minimum Gasteiger partial charge on any atom is -0.494 e. The Kier molecular flexibility index (Phi) is 4.03. The first-order valence-electron chi connectivity index (χ1n) is 8.80. The Morgan fingerprint density at radius 2 is 2.04 bits per heavy atom. The average Bonchev–Trinajstić information content (AvgIpc) is 2.82. The Balaban J connectivity index is 1.82. The fourth-order valence-electron chi connectivity index (χ4n) is 3.88. The summed E-state index contributed by atoms with van der Waals surface area (Å²) in [6.07, 6.45) is 0. The summed E-state index contributed by atoms with van der Waals surface area (Å²) < 4.78 is 8.13. The first-order chi connectivity index (χ1) is 11.8. The maximum Gasteiger partial charge on any atom is 0.119 e. The van der Waals surface area contributed by atoms with Crippen molar-refractivity contribution in [2.75, 3.05) is 19.7 Å². The SMILES string of the molecule is CCOc1ccc(C2CNCCn3c2cc2ccccc23)c(C)c1. The van der Waals surface area contributed by atoms with Gasteiger partial charge in [-0.2, -0.15) is 0 Å². The number of aryl methyl sites for hydroxylation is 1. The Labute approximate surface area is 143 Å². The van der Waals surface area contributed by atoms with E-state index in [1.165, 1.54) is 27.7 Å². The monoisotopic (exact) mass is 320 g/mol. The van der Waals surface area contributed by atoms with Gasteiger partial charge < -0.3 is 14.6 Å². The van der Waals surface area contributed by atoms with E-state index in [2.05, 4.69) is 65.3 Å². The summed E-state index contributed by atoms with van der Waals surface area (Å²) in [5.74, 6) is 1.33. The van der Waals surface area contributed by atoms with Crippen molar-refractivity contribution < 1.29 is 4.74 Å². The van der Waals surface area contributed by atoms with Crippen LogP contribution in [0, 0.1) is 6.92 Å². The molecule has 1 unspecified atom stereocenters. The van der Waals surface area contributed by atoms with Crippen LogP contribution in [0.1, 0.15) is 29.7 Å². The third-order valence-electron chi connectivity index (χ3n) is 4.99. The predicted molar refractivity (Wildman–Crippen MR) is 99.0 cm³/mol. The van der Waals surface area contributed by atoms with E-state index < -0.39 is 0 Å². The molecule has 0 saturated carbocycles. The average molecular weight is 320 g/mol. The fourth-order valence-corrected chi connectivity index (χ4v) is 3.88. The molecule has 124 valence electrons. The van der Waals surface area contributed by atoms with E-state index in [-0.39, 0.29) is 0 Å². The number of nitrogens with zero attached hydrogens (tertiary/aromatic N) is 1. The molecular formula is C21H24N2O. The van der Waals surface area contributed by atoms with Crippen LogP contribution in [0.3, 0.4) is 0 Å². The fraction of sp³-hybridized carbons (Fsp3) is 0.333. The van der Waals surface area contributed by atoms with E-state index in [0.29, 0.717) is 12.5 Å². The van der Waals surface area contributed by atoms with Gasteiger partial charge in [0, 0.05) is 36.8 Å². The van der Waals surface area contributed by atoms with Crippen LogP contribution in [-0.2, 0) is 6.54 Å². The van der Waals surface area contributed by atoms with Gasteiger partial charge in [-0.3, -0.25) is 0 Å². The molecule has 1 N–H and O–H groups in total. The molecule has 0 spiro atoms. The number of fused-ring (bicyclic) bond motifs is 3. The molecular weight excluding hydrogens is 296 g/mol. The second kappa shape index (κ2) is 6.33. The van der Waals surface area contributed by atoms with Crippen molar-refractivity contribution in [1.29, 1.82) is 0 Å². The number of benzene rings is 2. The van der Waals surface area contributed by atoms with E-state index in [4.69, 9.17) is 4.74 Å². The highest BCUT2D eigenvalue weighted by atomic mass is 16.5. The quantitative estimate of drug-likeness (QED) is 0.787. The van der Waals surface area contributed by atoms with Crippen molar-refractivity contribution >= 4 is 10.9 Å². The van der Waals surface area contributed by atoms with Gasteiger partial charge in [-0.1, -0.05) is 24.3 Å². The van der Waals surface area contributed by atoms with E-state index in [0.717, 1.165) is 25.4 Å². The van der Waals surface area contributed by atoms with Gasteiger partial charge >= 0.3 is 0 Å². The largest absolute Gasteiger partial charge is 0.494 e. The molecule has 0 radical (unpaired) electrons. The Hall–Kier alpha value is -2.26. The van der Waals surface area contributed by atoms with Gasteiger partial charge in [-0.25, -0.2) is 0 Å². The van der Waals surface area contributed by atoms with Gasteiger partial charge in [-0.15, -0.1) is 0 Å². The molecule has 0 amide bonds. The van der Waals surface area contributed by atoms with Gasteiger partial charge in [0.1, 0.15) is 5.75 Å². The second-order valence-corrected chi connectivity index (χ2v) is 6.49. The standard InChI is InChI=1S/C21H24N2O/c1-3-24-17-8-9-18(15(2)12-17)19-14-22-10-11-23-20-7-5-4-6-16(20)13-21(19)23/h4-9,12-13,19,22H,3,10-11,14H2,1-2H3. The molecule has 1 aliphatic rings. The van der Waals surface area contributed by atoms with Crippen LogP contribution >= 0.6 is 0 Å². The highest BCUT2D eigenvalue weighted by molar-refractivity contribution is 5.81. The summed E-state index contributed by atoms with van der Waals surface area (Å²) in [7, 11) is 0. The highest BCUT2D eigenvalue weighted by Gasteiger charge is 2.23. The zero-order chi connectivity index (χ0) is 16.5. The van der Waals surface area contributed by atoms with Crippen LogP contribution in [0.2, 0.25) is 0 Å². The summed E-state index contributed by atoms with van der Waals surface area (Å²) in [6.45, 7) is 7.93. The van der Waals surface area contributed by atoms with Crippen molar-refractivity contribution in [1.82, 2.24) is 9.88 Å². The molecule has 2 aromatic carbocycles. The Bertz CT molecular complexity index is 865. The lowest BCUT2D eigenvalue weighted by molar-refractivity contribution is 0.340. The molecule has 3 nitrogen and oxygen atoms in total. The van der Waals surface area contributed by atoms with Gasteiger partial charge in [0.25, 0.3) is 0 Å². The third kappa shape index (κ3) is 2.59. The Morgan fingerprint density at radius 3 is 2.88 bits per heavy atom. The van der Waals surface area contributed by atoms with Crippen molar-refractivity contribution in [3.63, 3.8) is 0 Å². The summed E-state index contributed by atoms with van der Waals surface area (Å²) in [4.78, 5) is 0. The lowest BCUT2D eigenvalue weighted by atomic mass is 9.91. The Morgan fingerprint density at radius 1 is 1.17 bits per heavy atom. The lowest BCUT2D eigenvalue weighted by Gasteiger charge is -2.19. The van der Waals surface area contributed by atoms with E-state index >= 15 is 0 Å². The van der Waals surface area contributed by atoms with Crippen LogP contribution in [-0.4, -0.2) is 24.3 Å². The zero-order valence-corrected chi connectivity index (χ0v) is 14.4. The summed E-state index contributed by atoms with van der Waals surface area (Å²) in [5, 5.41) is 4.94. The smallest absolute Gasteiger partial charge is 0.119 e. The van der Waals surface area contributed by atoms with E-state index in [9.17, 15) is 0 Å². The molecule has 1 atom stereocenters. The van der Waals surface area contributed by atoms with Crippen molar-refractivity contribution in [3.05, 3.63) is 65.4 Å². The molecule has 4 rings (SSSR count). The highest BCUT2D eigenvalue weighted by Crippen LogP contribution is 2.33. The minimum absolute atomic E-state index is 0.371. The molecule has 1 aromatic heterocycles. The zero-order valence-electron chi connectivity index (χ0n) is 14.4. The van der Waals surface area contributed by atoms with Gasteiger partial charge in [-0.05, 0) is 54.6 Å². The number of hydrogen-bond donors (Lipinski definition) is 1. The molecule has 1 aliphatic heterocycles. The number of rotatable bonds is 3. The molecule has 2 heterocycles. The molecule has 0 bridgehead atoms. The molecule has 3 aromatic rings. The normalized spacial score (nSPS) is 17.5. The topological polar surface area (TPSA) is 26.2 Å². The number of ether oxygens (including phenoxy) is 1. The molecule has 0 fully saturated rings. The minimum atomic E-state index is 0.371. The number of hydrogen-bond acceptors (Lipinski definition) is 2. The first-order valence-corrected chi connectivity index (χ1v) is 8.80. The summed E-state index contributed by atoms with van der Waals surface area (Å²) >= 11 is 0. The van der Waals surface area contributed by atoms with Crippen LogP contribution in [0.4, 0.5) is 0 Å². The van der Waals surface area contributed by atoms with E-state index in [1.54, 1.807) is 0 Å². The van der Waals surface area contributed by atoms with Crippen molar-refractivity contribution in [3.8, 4) is 5.75 Å².